The van der Waals surface area contributed by atoms with Crippen LogP contribution in [0.5, 0.6) is 5.75 Å². The van der Waals surface area contributed by atoms with E-state index in [1.807, 2.05) is 25.1 Å². The summed E-state index contributed by atoms with van der Waals surface area (Å²) in [5, 5.41) is 5.11. The van der Waals surface area contributed by atoms with Crippen LogP contribution in [-0.2, 0) is 21.2 Å². The summed E-state index contributed by atoms with van der Waals surface area (Å²) >= 11 is 0. The van der Waals surface area contributed by atoms with Crippen LogP contribution in [-0.4, -0.2) is 32.9 Å². The zero-order chi connectivity index (χ0) is 19.6. The third-order valence-electron chi connectivity index (χ3n) is 4.75. The van der Waals surface area contributed by atoms with E-state index in [9.17, 15) is 13.2 Å². The van der Waals surface area contributed by atoms with Gasteiger partial charge in [-0.3, -0.25) is 4.79 Å². The summed E-state index contributed by atoms with van der Waals surface area (Å²) in [7, 11) is -2.02. The molecule has 27 heavy (non-hydrogen) atoms. The smallest absolute Gasteiger partial charge is 0.246 e. The zero-order valence-electron chi connectivity index (χ0n) is 15.3. The molecule has 1 unspecified atom stereocenters. The number of sulfonamides is 1. The summed E-state index contributed by atoms with van der Waals surface area (Å²) in [6.45, 7) is 2.58. The molecule has 6 nitrogen and oxygen atoms in total. The highest BCUT2D eigenvalue weighted by Gasteiger charge is 2.17. The number of amides is 1. The van der Waals surface area contributed by atoms with Gasteiger partial charge in [-0.05, 0) is 54.0 Å². The van der Waals surface area contributed by atoms with Gasteiger partial charge in [-0.25, -0.2) is 13.6 Å². The molecule has 1 atom stereocenters. The van der Waals surface area contributed by atoms with Crippen molar-refractivity contribution in [1.29, 1.82) is 0 Å². The van der Waals surface area contributed by atoms with Gasteiger partial charge in [-0.2, -0.15) is 0 Å². The number of benzene rings is 2. The fourth-order valence-corrected chi connectivity index (χ4v) is 3.46. The number of carbonyl (C=O) groups excluding carboxylic acids is 1. The number of hydrogen-bond donors (Lipinski definition) is 1. The van der Waals surface area contributed by atoms with Gasteiger partial charge in [-0.15, -0.1) is 0 Å². The Balaban J connectivity index is 1.69. The average Bonchev–Trinajstić information content (AvgIpc) is 3.12. The summed E-state index contributed by atoms with van der Waals surface area (Å²) in [5.41, 5.74) is 2.92. The van der Waals surface area contributed by atoms with Crippen molar-refractivity contribution in [2.45, 2.75) is 24.3 Å². The van der Waals surface area contributed by atoms with Crippen LogP contribution in [0.3, 0.4) is 0 Å². The molecule has 0 radical (unpaired) electrons. The molecule has 1 aliphatic rings. The summed E-state index contributed by atoms with van der Waals surface area (Å²) in [4.78, 5) is 14.1. The van der Waals surface area contributed by atoms with Gasteiger partial charge in [0.25, 0.3) is 0 Å². The molecular weight excluding hydrogens is 364 g/mol. The van der Waals surface area contributed by atoms with E-state index < -0.39 is 10.0 Å². The molecule has 1 aliphatic heterocycles. The molecule has 3 rings (SSSR count). The van der Waals surface area contributed by atoms with Gasteiger partial charge in [0.1, 0.15) is 5.75 Å². The van der Waals surface area contributed by atoms with E-state index in [1.54, 1.807) is 30.2 Å². The van der Waals surface area contributed by atoms with Gasteiger partial charge in [-0.1, -0.05) is 18.2 Å². The minimum absolute atomic E-state index is 0.0490. The topological polar surface area (TPSA) is 89.7 Å². The third kappa shape index (κ3) is 4.37. The summed E-state index contributed by atoms with van der Waals surface area (Å²) in [6, 6.07) is 11.9. The van der Waals surface area contributed by atoms with Crippen molar-refractivity contribution in [2.24, 2.45) is 5.14 Å². The van der Waals surface area contributed by atoms with E-state index in [0.29, 0.717) is 6.61 Å². The van der Waals surface area contributed by atoms with Crippen LogP contribution in [0.1, 0.15) is 29.7 Å². The van der Waals surface area contributed by atoms with E-state index in [-0.39, 0.29) is 16.8 Å². The van der Waals surface area contributed by atoms with Gasteiger partial charge < -0.3 is 9.64 Å². The van der Waals surface area contributed by atoms with Gasteiger partial charge in [0.05, 0.1) is 17.5 Å². The molecule has 1 amide bonds. The Labute approximate surface area is 159 Å². The minimum Gasteiger partial charge on any atom is -0.493 e. The molecule has 0 spiro atoms. The minimum atomic E-state index is -3.73. The second kappa shape index (κ2) is 7.54. The van der Waals surface area contributed by atoms with E-state index in [1.165, 1.54) is 18.2 Å². The van der Waals surface area contributed by atoms with Crippen molar-refractivity contribution in [1.82, 2.24) is 4.90 Å². The lowest BCUT2D eigenvalue weighted by atomic mass is 10.1. The molecule has 2 aromatic rings. The molecule has 0 aromatic heterocycles. The van der Waals surface area contributed by atoms with Crippen LogP contribution in [0.2, 0.25) is 0 Å². The first-order chi connectivity index (χ1) is 12.8. The van der Waals surface area contributed by atoms with Crippen molar-refractivity contribution in [3.05, 3.63) is 65.2 Å². The lowest BCUT2D eigenvalue weighted by Gasteiger charge is -2.24. The maximum absolute atomic E-state index is 12.5. The SMILES string of the molecule is CC(c1ccc(S(N)(=O)=O)cc1)N(C)C(=O)/C=C/c1ccc2c(c1)CCO2. The van der Waals surface area contributed by atoms with Gasteiger partial charge in [0.2, 0.25) is 15.9 Å². The van der Waals surface area contributed by atoms with Gasteiger partial charge >= 0.3 is 0 Å². The van der Waals surface area contributed by atoms with Crippen molar-refractivity contribution in [3.63, 3.8) is 0 Å². The molecule has 0 bridgehead atoms. The van der Waals surface area contributed by atoms with E-state index in [4.69, 9.17) is 9.88 Å². The number of nitrogens with zero attached hydrogens (tertiary/aromatic N) is 1. The Morgan fingerprint density at radius 3 is 2.59 bits per heavy atom. The molecule has 2 N–H and O–H groups in total. The second-order valence-electron chi connectivity index (χ2n) is 6.54. The number of nitrogens with two attached hydrogens (primary N) is 1. The monoisotopic (exact) mass is 386 g/mol. The summed E-state index contributed by atoms with van der Waals surface area (Å²) in [6.07, 6.45) is 4.21. The Morgan fingerprint density at radius 2 is 1.93 bits per heavy atom. The Morgan fingerprint density at radius 1 is 1.22 bits per heavy atom. The van der Waals surface area contributed by atoms with E-state index in [2.05, 4.69) is 0 Å². The molecule has 142 valence electrons. The first-order valence-electron chi connectivity index (χ1n) is 8.59. The highest BCUT2D eigenvalue weighted by Crippen LogP contribution is 2.26. The molecule has 1 heterocycles. The number of likely N-dealkylation sites (N-methyl/N-ethyl adjacent to an activating group) is 1. The third-order valence-corrected chi connectivity index (χ3v) is 5.68. The number of rotatable bonds is 5. The van der Waals surface area contributed by atoms with Crippen molar-refractivity contribution < 1.29 is 17.9 Å². The fraction of sp³-hybridized carbons (Fsp3) is 0.250. The number of primary sulfonamides is 1. The first-order valence-corrected chi connectivity index (χ1v) is 10.1. The van der Waals surface area contributed by atoms with Crippen LogP contribution >= 0.6 is 0 Å². The highest BCUT2D eigenvalue weighted by atomic mass is 32.2. The summed E-state index contributed by atoms with van der Waals surface area (Å²) in [5.74, 6) is 0.766. The van der Waals surface area contributed by atoms with E-state index in [0.717, 1.165) is 28.9 Å². The normalized spacial score (nSPS) is 14.6. The maximum Gasteiger partial charge on any atom is 0.246 e. The van der Waals surface area contributed by atoms with Crippen molar-refractivity contribution >= 4 is 22.0 Å². The quantitative estimate of drug-likeness (QED) is 0.800. The molecule has 0 saturated carbocycles. The van der Waals surface area contributed by atoms with Crippen LogP contribution in [0.15, 0.2) is 53.4 Å². The Bertz CT molecular complexity index is 982. The first kappa shape index (κ1) is 19.1. The lowest BCUT2D eigenvalue weighted by molar-refractivity contribution is -0.126. The summed E-state index contributed by atoms with van der Waals surface area (Å²) < 4.78 is 28.2. The molecule has 0 saturated heterocycles. The number of ether oxygens (including phenoxy) is 1. The Kier molecular flexibility index (Phi) is 5.34. The fourth-order valence-electron chi connectivity index (χ4n) is 2.95. The maximum atomic E-state index is 12.5. The molecular formula is C20H22N2O4S. The predicted molar refractivity (Wildman–Crippen MR) is 104 cm³/mol. The average molecular weight is 386 g/mol. The zero-order valence-corrected chi connectivity index (χ0v) is 16.1. The molecule has 0 aliphatic carbocycles. The number of carbonyl (C=O) groups is 1. The predicted octanol–water partition coefficient (Wildman–Crippen LogP) is 2.50. The van der Waals surface area contributed by atoms with Crippen molar-refractivity contribution in [2.75, 3.05) is 13.7 Å². The van der Waals surface area contributed by atoms with Gasteiger partial charge in [0, 0.05) is 19.5 Å². The largest absolute Gasteiger partial charge is 0.493 e. The van der Waals surface area contributed by atoms with Crippen LogP contribution < -0.4 is 9.88 Å². The lowest BCUT2D eigenvalue weighted by Crippen LogP contribution is -2.28. The molecule has 2 aromatic carbocycles. The molecule has 0 fully saturated rings. The van der Waals surface area contributed by atoms with Gasteiger partial charge in [0.15, 0.2) is 0 Å². The number of hydrogen-bond acceptors (Lipinski definition) is 4. The standard InChI is InChI=1S/C20H22N2O4S/c1-14(16-5-7-18(8-6-16)27(21,24)25)22(2)20(23)10-4-15-3-9-19-17(13-15)11-12-26-19/h3-10,13-14H,11-12H2,1-2H3,(H2,21,24,25)/b10-4+. The Hall–Kier alpha value is -2.64. The molecule has 7 heteroatoms. The van der Waals surface area contributed by atoms with Crippen LogP contribution in [0.4, 0.5) is 0 Å². The number of fused-ring (bicyclic) bond motifs is 1. The van der Waals surface area contributed by atoms with Crippen LogP contribution in [0, 0.1) is 0 Å². The highest BCUT2D eigenvalue weighted by molar-refractivity contribution is 7.89. The second-order valence-corrected chi connectivity index (χ2v) is 8.10. The van der Waals surface area contributed by atoms with Crippen LogP contribution in [0.25, 0.3) is 6.08 Å². The van der Waals surface area contributed by atoms with E-state index >= 15 is 0 Å². The van der Waals surface area contributed by atoms with Crippen molar-refractivity contribution in [3.8, 4) is 5.75 Å².